The molecule has 1 aromatic heterocycles. The summed E-state index contributed by atoms with van der Waals surface area (Å²) in [6, 6.07) is 9.81. The van der Waals surface area contributed by atoms with E-state index in [2.05, 4.69) is 15.3 Å². The first kappa shape index (κ1) is 14.7. The van der Waals surface area contributed by atoms with Crippen LogP contribution in [0.2, 0.25) is 0 Å². The van der Waals surface area contributed by atoms with E-state index < -0.39 is 6.10 Å². The van der Waals surface area contributed by atoms with Gasteiger partial charge in [0.05, 0.1) is 12.7 Å². The van der Waals surface area contributed by atoms with Gasteiger partial charge in [-0.2, -0.15) is 0 Å². The number of β-amino-alcohol motifs (C(OH)–C–C–N with tert-alkyl or cyclic N) is 1. The molecule has 1 fully saturated rings. The summed E-state index contributed by atoms with van der Waals surface area (Å²) in [6.07, 6.45) is -0.427. The van der Waals surface area contributed by atoms with Crippen LogP contribution in [0.3, 0.4) is 0 Å². The fourth-order valence-corrected chi connectivity index (χ4v) is 3.40. The van der Waals surface area contributed by atoms with E-state index in [1.54, 1.807) is 11.3 Å². The fourth-order valence-electron chi connectivity index (χ4n) is 2.56. The van der Waals surface area contributed by atoms with Crippen LogP contribution in [0.4, 0.5) is 0 Å². The van der Waals surface area contributed by atoms with Crippen LogP contribution in [0.5, 0.6) is 0 Å². The van der Waals surface area contributed by atoms with Crippen molar-refractivity contribution in [1.82, 2.24) is 9.88 Å². The Morgan fingerprint density at radius 1 is 1.43 bits per heavy atom. The summed E-state index contributed by atoms with van der Waals surface area (Å²) in [7, 11) is 0. The molecule has 1 saturated heterocycles. The molecule has 0 unspecified atom stereocenters. The van der Waals surface area contributed by atoms with Crippen molar-refractivity contribution in [2.75, 3.05) is 26.2 Å². The number of aliphatic hydroxyl groups excluding tert-OH is 1. The van der Waals surface area contributed by atoms with Crippen molar-refractivity contribution in [3.8, 4) is 0 Å². The van der Waals surface area contributed by atoms with Gasteiger partial charge in [0.1, 0.15) is 11.1 Å². The number of rotatable bonds is 4. The number of benzene rings is 1. The molecule has 112 valence electrons. The standard InChI is InChI=1S/C16H20N2O2S/c1-12-11-21-16(17-12)15-10-18(7-8-20-15)9-14(19)13-5-3-2-4-6-13/h2-6,11,14-15,19H,7-10H2,1H3/t14-,15-/m1/s1. The Labute approximate surface area is 129 Å². The highest BCUT2D eigenvalue weighted by molar-refractivity contribution is 7.09. The van der Waals surface area contributed by atoms with Crippen LogP contribution in [0.15, 0.2) is 35.7 Å². The molecule has 0 bridgehead atoms. The number of hydrogen-bond donors (Lipinski definition) is 1. The largest absolute Gasteiger partial charge is 0.387 e. The summed E-state index contributed by atoms with van der Waals surface area (Å²) < 4.78 is 5.82. The number of nitrogens with zero attached hydrogens (tertiary/aromatic N) is 2. The van der Waals surface area contributed by atoms with E-state index in [0.29, 0.717) is 13.2 Å². The quantitative estimate of drug-likeness (QED) is 0.943. The van der Waals surface area contributed by atoms with Crippen molar-refractivity contribution in [3.63, 3.8) is 0 Å². The van der Waals surface area contributed by atoms with E-state index in [1.807, 2.05) is 37.3 Å². The predicted molar refractivity (Wildman–Crippen MR) is 83.4 cm³/mol. The number of hydrogen-bond acceptors (Lipinski definition) is 5. The third-order valence-corrected chi connectivity index (χ3v) is 4.73. The lowest BCUT2D eigenvalue weighted by Crippen LogP contribution is -2.40. The van der Waals surface area contributed by atoms with Gasteiger partial charge in [0.25, 0.3) is 0 Å². The highest BCUT2D eigenvalue weighted by Gasteiger charge is 2.25. The maximum absolute atomic E-state index is 10.3. The van der Waals surface area contributed by atoms with E-state index in [4.69, 9.17) is 4.74 Å². The molecular formula is C16H20N2O2S. The van der Waals surface area contributed by atoms with Crippen molar-refractivity contribution in [1.29, 1.82) is 0 Å². The average Bonchev–Trinajstić information content (AvgIpc) is 2.95. The van der Waals surface area contributed by atoms with Gasteiger partial charge in [-0.3, -0.25) is 4.90 Å². The Bertz CT molecular complexity index is 573. The Morgan fingerprint density at radius 2 is 2.24 bits per heavy atom. The predicted octanol–water partition coefficient (Wildman–Crippen LogP) is 2.56. The van der Waals surface area contributed by atoms with Crippen molar-refractivity contribution >= 4 is 11.3 Å². The van der Waals surface area contributed by atoms with Crippen LogP contribution in [0, 0.1) is 6.92 Å². The molecule has 2 atom stereocenters. The minimum absolute atomic E-state index is 0.0282. The van der Waals surface area contributed by atoms with Crippen molar-refractivity contribution in [2.45, 2.75) is 19.1 Å². The van der Waals surface area contributed by atoms with Crippen molar-refractivity contribution in [2.24, 2.45) is 0 Å². The Morgan fingerprint density at radius 3 is 2.95 bits per heavy atom. The highest BCUT2D eigenvalue weighted by atomic mass is 32.1. The van der Waals surface area contributed by atoms with E-state index >= 15 is 0 Å². The lowest BCUT2D eigenvalue weighted by molar-refractivity contribution is -0.0425. The number of aryl methyl sites for hydroxylation is 1. The van der Waals surface area contributed by atoms with Gasteiger partial charge in [0.15, 0.2) is 0 Å². The van der Waals surface area contributed by atoms with Crippen LogP contribution < -0.4 is 0 Å². The molecule has 0 radical (unpaired) electrons. The summed E-state index contributed by atoms with van der Waals surface area (Å²) in [5.41, 5.74) is 2.01. The number of morpholine rings is 1. The van der Waals surface area contributed by atoms with E-state index in [-0.39, 0.29) is 6.10 Å². The van der Waals surface area contributed by atoms with Crippen molar-refractivity contribution in [3.05, 3.63) is 52.0 Å². The minimum atomic E-state index is -0.456. The van der Waals surface area contributed by atoms with E-state index in [9.17, 15) is 5.11 Å². The third kappa shape index (κ3) is 3.68. The SMILES string of the molecule is Cc1csc([C@H]2CN(C[C@@H](O)c3ccccc3)CCO2)n1. The fraction of sp³-hybridized carbons (Fsp3) is 0.438. The Kier molecular flexibility index (Phi) is 4.65. The molecule has 2 heterocycles. The number of aliphatic hydroxyl groups is 1. The second-order valence-electron chi connectivity index (χ2n) is 5.37. The van der Waals surface area contributed by atoms with Gasteiger partial charge >= 0.3 is 0 Å². The zero-order valence-corrected chi connectivity index (χ0v) is 12.9. The molecular weight excluding hydrogens is 284 g/mol. The van der Waals surface area contributed by atoms with Gasteiger partial charge in [-0.1, -0.05) is 30.3 Å². The third-order valence-electron chi connectivity index (χ3n) is 3.68. The molecule has 1 N–H and O–H groups in total. The van der Waals surface area contributed by atoms with Crippen LogP contribution in [0.1, 0.15) is 28.5 Å². The molecule has 4 nitrogen and oxygen atoms in total. The van der Waals surface area contributed by atoms with Crippen LogP contribution in [-0.4, -0.2) is 41.2 Å². The van der Waals surface area contributed by atoms with E-state index in [1.165, 1.54) is 0 Å². The number of aromatic nitrogens is 1. The van der Waals surface area contributed by atoms with Crippen molar-refractivity contribution < 1.29 is 9.84 Å². The summed E-state index contributed by atoms with van der Waals surface area (Å²) in [5, 5.41) is 13.4. The smallest absolute Gasteiger partial charge is 0.123 e. The average molecular weight is 304 g/mol. The normalized spacial score (nSPS) is 21.3. The molecule has 1 aromatic carbocycles. The van der Waals surface area contributed by atoms with Gasteiger partial charge < -0.3 is 9.84 Å². The number of thiazole rings is 1. The molecule has 5 heteroatoms. The van der Waals surface area contributed by atoms with Gasteiger partial charge in [-0.25, -0.2) is 4.98 Å². The Hall–Kier alpha value is -1.27. The maximum atomic E-state index is 10.3. The first-order chi connectivity index (χ1) is 10.2. The summed E-state index contributed by atoms with van der Waals surface area (Å²) >= 11 is 1.65. The van der Waals surface area contributed by atoms with Crippen LogP contribution in [0.25, 0.3) is 0 Å². The zero-order valence-electron chi connectivity index (χ0n) is 12.1. The van der Waals surface area contributed by atoms with Crippen LogP contribution >= 0.6 is 11.3 Å². The van der Waals surface area contributed by atoms with Gasteiger partial charge in [-0.15, -0.1) is 11.3 Å². The zero-order chi connectivity index (χ0) is 14.7. The lowest BCUT2D eigenvalue weighted by Gasteiger charge is -2.33. The first-order valence-corrected chi connectivity index (χ1v) is 8.09. The second kappa shape index (κ2) is 6.66. The summed E-state index contributed by atoms with van der Waals surface area (Å²) in [6.45, 7) is 4.96. The topological polar surface area (TPSA) is 45.6 Å². The molecule has 0 saturated carbocycles. The number of ether oxygens (including phenoxy) is 1. The molecule has 3 rings (SSSR count). The summed E-state index contributed by atoms with van der Waals surface area (Å²) in [5.74, 6) is 0. The van der Waals surface area contributed by atoms with Gasteiger partial charge in [0.2, 0.25) is 0 Å². The monoisotopic (exact) mass is 304 g/mol. The molecule has 1 aliphatic heterocycles. The van der Waals surface area contributed by atoms with E-state index in [0.717, 1.165) is 29.4 Å². The molecule has 2 aromatic rings. The molecule has 21 heavy (non-hydrogen) atoms. The highest BCUT2D eigenvalue weighted by Crippen LogP contribution is 2.26. The molecule has 0 amide bonds. The Balaban J connectivity index is 1.61. The molecule has 0 spiro atoms. The maximum Gasteiger partial charge on any atom is 0.123 e. The second-order valence-corrected chi connectivity index (χ2v) is 6.26. The lowest BCUT2D eigenvalue weighted by atomic mass is 10.1. The minimum Gasteiger partial charge on any atom is -0.387 e. The summed E-state index contributed by atoms with van der Waals surface area (Å²) in [4.78, 5) is 6.76. The van der Waals surface area contributed by atoms with Gasteiger partial charge in [-0.05, 0) is 12.5 Å². The van der Waals surface area contributed by atoms with Gasteiger partial charge in [0, 0.05) is 30.7 Å². The molecule has 0 aliphatic carbocycles. The molecule has 1 aliphatic rings. The van der Waals surface area contributed by atoms with Crippen LogP contribution in [-0.2, 0) is 4.74 Å². The first-order valence-electron chi connectivity index (χ1n) is 7.21.